The highest BCUT2D eigenvalue weighted by molar-refractivity contribution is 6.01. The van der Waals surface area contributed by atoms with Crippen molar-refractivity contribution in [2.45, 2.75) is 37.9 Å². The number of carbonyl (C=O) groups excluding carboxylic acids is 2. The Bertz CT molecular complexity index is 1290. The van der Waals surface area contributed by atoms with Crippen LogP contribution >= 0.6 is 0 Å². The first-order valence-corrected chi connectivity index (χ1v) is 11.4. The topological polar surface area (TPSA) is 89.9 Å². The average molecular weight is 511 g/mol. The van der Waals surface area contributed by atoms with Crippen molar-refractivity contribution in [3.8, 4) is 5.75 Å². The minimum atomic E-state index is -5.41. The minimum absolute atomic E-state index is 0.0999. The Morgan fingerprint density at radius 2 is 1.89 bits per heavy atom. The smallest absolute Gasteiger partial charge is 0.491 e. The monoisotopic (exact) mass is 511 g/mol. The van der Waals surface area contributed by atoms with E-state index in [9.17, 15) is 27.6 Å². The van der Waals surface area contributed by atoms with Crippen molar-refractivity contribution in [1.82, 2.24) is 9.88 Å². The summed E-state index contributed by atoms with van der Waals surface area (Å²) >= 11 is 0. The van der Waals surface area contributed by atoms with Gasteiger partial charge in [-0.1, -0.05) is 11.6 Å². The van der Waals surface area contributed by atoms with Crippen molar-refractivity contribution >= 4 is 28.5 Å². The highest BCUT2D eigenvalue weighted by Crippen LogP contribution is 2.44. The SMILES string of the molecule is CNCC=C1CCN(c2c(F)cc3c(=O)c(C(=O)OC(=O)C(F)(F)F)cn(C4CC4)c3c2OC)CC1. The van der Waals surface area contributed by atoms with Gasteiger partial charge in [0.1, 0.15) is 11.3 Å². The molecule has 12 heteroatoms. The lowest BCUT2D eigenvalue weighted by Gasteiger charge is -2.32. The van der Waals surface area contributed by atoms with Gasteiger partial charge in [-0.2, -0.15) is 13.2 Å². The summed E-state index contributed by atoms with van der Waals surface area (Å²) in [4.78, 5) is 38.4. The molecule has 0 unspecified atom stereocenters. The van der Waals surface area contributed by atoms with Gasteiger partial charge in [0.25, 0.3) is 0 Å². The Labute approximate surface area is 203 Å². The summed E-state index contributed by atoms with van der Waals surface area (Å²) in [6.07, 6.45) is 0.530. The summed E-state index contributed by atoms with van der Waals surface area (Å²) in [5.74, 6) is -5.16. The lowest BCUT2D eigenvalue weighted by Crippen LogP contribution is -2.32. The first-order chi connectivity index (χ1) is 17.1. The molecule has 2 aliphatic rings. The van der Waals surface area contributed by atoms with Gasteiger partial charge in [-0.3, -0.25) is 4.79 Å². The summed E-state index contributed by atoms with van der Waals surface area (Å²) in [7, 11) is 3.19. The third kappa shape index (κ3) is 4.95. The second-order valence-electron chi connectivity index (χ2n) is 8.73. The Kier molecular flexibility index (Phi) is 7.07. The molecule has 1 aliphatic carbocycles. The van der Waals surface area contributed by atoms with Crippen LogP contribution in [0.1, 0.15) is 42.1 Å². The number of likely N-dealkylation sites (N-methyl/N-ethyl adjacent to an activating group) is 1. The maximum Gasteiger partial charge on any atom is 0.491 e. The van der Waals surface area contributed by atoms with E-state index in [4.69, 9.17) is 4.74 Å². The van der Waals surface area contributed by atoms with Crippen LogP contribution in [0, 0.1) is 5.82 Å². The highest BCUT2D eigenvalue weighted by atomic mass is 19.4. The summed E-state index contributed by atoms with van der Waals surface area (Å²) in [5, 5.41) is 2.80. The summed E-state index contributed by atoms with van der Waals surface area (Å²) < 4.78 is 64.1. The molecule has 1 aromatic heterocycles. The zero-order valence-electron chi connectivity index (χ0n) is 19.7. The maximum absolute atomic E-state index is 15.5. The van der Waals surface area contributed by atoms with Crippen LogP contribution in [0.3, 0.4) is 0 Å². The number of halogens is 4. The zero-order chi connectivity index (χ0) is 26.2. The zero-order valence-corrected chi connectivity index (χ0v) is 19.7. The average Bonchev–Trinajstić information content (AvgIpc) is 3.67. The van der Waals surface area contributed by atoms with Gasteiger partial charge < -0.3 is 24.3 Å². The first kappa shape index (κ1) is 25.7. The van der Waals surface area contributed by atoms with Gasteiger partial charge in [0.2, 0.25) is 5.43 Å². The molecule has 194 valence electrons. The highest BCUT2D eigenvalue weighted by Gasteiger charge is 2.43. The van der Waals surface area contributed by atoms with E-state index in [2.05, 4.69) is 16.1 Å². The molecule has 1 aliphatic heterocycles. The van der Waals surface area contributed by atoms with Crippen LogP contribution < -0.4 is 20.4 Å². The van der Waals surface area contributed by atoms with Gasteiger partial charge in [-0.25, -0.2) is 14.0 Å². The van der Waals surface area contributed by atoms with Crippen LogP contribution in [0.15, 0.2) is 28.7 Å². The number of alkyl halides is 3. The van der Waals surface area contributed by atoms with E-state index in [1.165, 1.54) is 17.3 Å². The number of ether oxygens (including phenoxy) is 2. The molecule has 8 nitrogen and oxygen atoms in total. The van der Waals surface area contributed by atoms with Crippen LogP contribution in [-0.2, 0) is 9.53 Å². The lowest BCUT2D eigenvalue weighted by molar-refractivity contribution is -0.193. The summed E-state index contributed by atoms with van der Waals surface area (Å²) in [5.41, 5.74) is -0.196. The molecule has 4 rings (SSSR count). The third-order valence-electron chi connectivity index (χ3n) is 6.30. The minimum Gasteiger partial charge on any atom is -0.492 e. The number of rotatable bonds is 6. The van der Waals surface area contributed by atoms with Gasteiger partial charge in [0.05, 0.1) is 18.0 Å². The molecule has 2 fully saturated rings. The Morgan fingerprint density at radius 1 is 1.22 bits per heavy atom. The second-order valence-corrected chi connectivity index (χ2v) is 8.73. The van der Waals surface area contributed by atoms with Gasteiger partial charge in [-0.15, -0.1) is 0 Å². The molecule has 1 N–H and O–H groups in total. The van der Waals surface area contributed by atoms with Crippen LogP contribution in [0.5, 0.6) is 5.75 Å². The number of methoxy groups -OCH3 is 1. The van der Waals surface area contributed by atoms with Crippen molar-refractivity contribution in [3.63, 3.8) is 0 Å². The predicted octanol–water partition coefficient (Wildman–Crippen LogP) is 3.48. The molecule has 1 saturated carbocycles. The van der Waals surface area contributed by atoms with Gasteiger partial charge in [-0.05, 0) is 38.8 Å². The van der Waals surface area contributed by atoms with Crippen molar-refractivity contribution in [2.75, 3.05) is 38.7 Å². The fraction of sp³-hybridized carbons (Fsp3) is 0.458. The number of benzene rings is 1. The Hall–Kier alpha value is -3.41. The van der Waals surface area contributed by atoms with Crippen molar-refractivity contribution in [1.29, 1.82) is 0 Å². The molecule has 0 atom stereocenters. The fourth-order valence-corrected chi connectivity index (χ4v) is 4.38. The van der Waals surface area contributed by atoms with Gasteiger partial charge >= 0.3 is 18.1 Å². The number of hydrogen-bond acceptors (Lipinski definition) is 7. The van der Waals surface area contributed by atoms with Gasteiger partial charge in [0, 0.05) is 31.9 Å². The fourth-order valence-electron chi connectivity index (χ4n) is 4.38. The van der Waals surface area contributed by atoms with E-state index >= 15 is 4.39 Å². The quantitative estimate of drug-likeness (QED) is 0.275. The first-order valence-electron chi connectivity index (χ1n) is 11.4. The van der Waals surface area contributed by atoms with Crippen molar-refractivity contribution in [2.24, 2.45) is 0 Å². The van der Waals surface area contributed by atoms with E-state index in [1.54, 1.807) is 0 Å². The van der Waals surface area contributed by atoms with Crippen LogP contribution in [0.4, 0.5) is 23.2 Å². The van der Waals surface area contributed by atoms with Crippen LogP contribution in [-0.4, -0.2) is 56.5 Å². The molecule has 0 amide bonds. The van der Waals surface area contributed by atoms with E-state index < -0.39 is 34.9 Å². The molecule has 1 saturated heterocycles. The number of nitrogens with one attached hydrogen (secondary N) is 1. The van der Waals surface area contributed by atoms with Gasteiger partial charge in [0.15, 0.2) is 11.6 Å². The number of pyridine rings is 1. The predicted molar refractivity (Wildman–Crippen MR) is 123 cm³/mol. The van der Waals surface area contributed by atoms with Crippen molar-refractivity contribution in [3.05, 3.63) is 45.5 Å². The number of carbonyl (C=O) groups is 2. The largest absolute Gasteiger partial charge is 0.492 e. The number of aromatic nitrogens is 1. The molecule has 0 bridgehead atoms. The summed E-state index contributed by atoms with van der Waals surface area (Å²) in [6.45, 7) is 1.77. The molecule has 36 heavy (non-hydrogen) atoms. The van der Waals surface area contributed by atoms with E-state index in [0.29, 0.717) is 25.9 Å². The van der Waals surface area contributed by atoms with E-state index in [-0.39, 0.29) is 28.4 Å². The number of esters is 2. The van der Waals surface area contributed by atoms with Crippen molar-refractivity contribution < 1.29 is 36.6 Å². The Morgan fingerprint density at radius 3 is 2.44 bits per heavy atom. The number of nitrogens with zero attached hydrogens (tertiary/aromatic N) is 2. The lowest BCUT2D eigenvalue weighted by atomic mass is 10.0. The molecule has 2 aromatic rings. The number of hydrogen-bond donors (Lipinski definition) is 1. The third-order valence-corrected chi connectivity index (χ3v) is 6.30. The molecule has 0 radical (unpaired) electrons. The summed E-state index contributed by atoms with van der Waals surface area (Å²) in [6, 6.07) is 0.783. The second kappa shape index (κ2) is 9.92. The normalized spacial score (nSPS) is 16.3. The number of fused-ring (bicyclic) bond motifs is 1. The standard InChI is InChI=1S/C24H25F4N3O5/c1-29-8-5-13-6-9-30(10-7-13)19-17(25)11-15-18(21(19)35-2)31(14-3-4-14)12-16(20(15)32)22(33)36-23(34)24(26,27)28/h5,11-12,14,29H,3-4,6-10H2,1-2H3. The van der Waals surface area contributed by atoms with E-state index in [0.717, 1.165) is 31.6 Å². The van der Waals surface area contributed by atoms with Crippen LogP contribution in [0.2, 0.25) is 0 Å². The number of anilines is 1. The Balaban J connectivity index is 1.80. The molecule has 0 spiro atoms. The molecular formula is C24H25F4N3O5. The van der Waals surface area contributed by atoms with E-state index in [1.807, 2.05) is 11.9 Å². The number of piperidine rings is 1. The van der Waals surface area contributed by atoms with Crippen LogP contribution in [0.25, 0.3) is 10.9 Å². The molecule has 1 aromatic carbocycles. The maximum atomic E-state index is 15.5. The molecule has 2 heterocycles. The molecular weight excluding hydrogens is 486 g/mol.